The van der Waals surface area contributed by atoms with E-state index < -0.39 is 0 Å². The Morgan fingerprint density at radius 3 is 2.09 bits per heavy atom. The van der Waals surface area contributed by atoms with Crippen molar-refractivity contribution >= 4 is 0 Å². The zero-order valence-electron chi connectivity index (χ0n) is 7.35. The van der Waals surface area contributed by atoms with Gasteiger partial charge in [0.05, 0.1) is 0 Å². The van der Waals surface area contributed by atoms with Gasteiger partial charge < -0.3 is 9.47 Å². The van der Waals surface area contributed by atoms with Crippen LogP contribution in [0.15, 0.2) is 12.5 Å². The second kappa shape index (κ2) is 3.16. The average Bonchev–Trinajstić information content (AvgIpc) is 2.07. The van der Waals surface area contributed by atoms with Crippen LogP contribution in [0.25, 0.3) is 0 Å². The third-order valence-corrected chi connectivity index (χ3v) is 2.58. The fourth-order valence-electron chi connectivity index (χ4n) is 1.21. The standard InChI is InChI=1S/C9H16O2/c1-4-9(5-2)6-10-8(3)11-7-9/h3-7H2,1-2H3. The molecule has 1 rings (SSSR count). The number of hydrogen-bond donors (Lipinski definition) is 0. The van der Waals surface area contributed by atoms with Gasteiger partial charge in [0, 0.05) is 5.41 Å². The number of rotatable bonds is 2. The quantitative estimate of drug-likeness (QED) is 0.610. The first-order valence-corrected chi connectivity index (χ1v) is 4.17. The second-order valence-electron chi connectivity index (χ2n) is 3.16. The van der Waals surface area contributed by atoms with Gasteiger partial charge in [-0.15, -0.1) is 0 Å². The second-order valence-corrected chi connectivity index (χ2v) is 3.16. The van der Waals surface area contributed by atoms with Crippen LogP contribution in [0.2, 0.25) is 0 Å². The summed E-state index contributed by atoms with van der Waals surface area (Å²) in [4.78, 5) is 0. The zero-order valence-corrected chi connectivity index (χ0v) is 7.35. The summed E-state index contributed by atoms with van der Waals surface area (Å²) >= 11 is 0. The molecule has 2 heteroatoms. The Balaban J connectivity index is 2.52. The maximum absolute atomic E-state index is 5.26. The third-order valence-electron chi connectivity index (χ3n) is 2.58. The molecule has 0 radical (unpaired) electrons. The van der Waals surface area contributed by atoms with Gasteiger partial charge in [-0.25, -0.2) is 0 Å². The molecule has 1 aliphatic heterocycles. The normalized spacial score (nSPS) is 22.2. The minimum Gasteiger partial charge on any atom is -0.465 e. The first-order chi connectivity index (χ1) is 5.22. The molecule has 11 heavy (non-hydrogen) atoms. The van der Waals surface area contributed by atoms with Crippen LogP contribution in [-0.2, 0) is 9.47 Å². The lowest BCUT2D eigenvalue weighted by molar-refractivity contribution is -0.101. The van der Waals surface area contributed by atoms with Gasteiger partial charge in [0.15, 0.2) is 0 Å². The van der Waals surface area contributed by atoms with Crippen molar-refractivity contribution in [3.05, 3.63) is 12.5 Å². The van der Waals surface area contributed by atoms with Gasteiger partial charge >= 0.3 is 0 Å². The molecular weight excluding hydrogens is 140 g/mol. The predicted molar refractivity (Wildman–Crippen MR) is 44.1 cm³/mol. The van der Waals surface area contributed by atoms with Crippen LogP contribution in [0.3, 0.4) is 0 Å². The third kappa shape index (κ3) is 1.67. The maximum atomic E-state index is 5.26. The summed E-state index contributed by atoms with van der Waals surface area (Å²) in [7, 11) is 0. The predicted octanol–water partition coefficient (Wildman–Crippen LogP) is 2.31. The van der Waals surface area contributed by atoms with E-state index in [-0.39, 0.29) is 5.41 Å². The molecule has 1 saturated heterocycles. The van der Waals surface area contributed by atoms with Crippen LogP contribution >= 0.6 is 0 Å². The van der Waals surface area contributed by atoms with Crippen molar-refractivity contribution in [1.29, 1.82) is 0 Å². The van der Waals surface area contributed by atoms with Gasteiger partial charge in [-0.05, 0) is 19.4 Å². The molecule has 0 N–H and O–H groups in total. The van der Waals surface area contributed by atoms with Crippen LogP contribution in [-0.4, -0.2) is 13.2 Å². The topological polar surface area (TPSA) is 18.5 Å². The highest BCUT2D eigenvalue weighted by atomic mass is 16.7. The number of ether oxygens (including phenoxy) is 2. The van der Waals surface area contributed by atoms with E-state index >= 15 is 0 Å². The van der Waals surface area contributed by atoms with Crippen molar-refractivity contribution in [2.24, 2.45) is 5.41 Å². The Bertz CT molecular complexity index is 136. The summed E-state index contributed by atoms with van der Waals surface area (Å²) in [5.74, 6) is 0.475. The minimum absolute atomic E-state index is 0.237. The van der Waals surface area contributed by atoms with E-state index in [0.717, 1.165) is 26.1 Å². The molecule has 0 aromatic heterocycles. The Morgan fingerprint density at radius 1 is 1.27 bits per heavy atom. The Hall–Kier alpha value is -0.660. The molecule has 1 fully saturated rings. The molecule has 1 heterocycles. The highest BCUT2D eigenvalue weighted by Crippen LogP contribution is 2.31. The molecule has 1 aliphatic rings. The fraction of sp³-hybridized carbons (Fsp3) is 0.778. The zero-order chi connectivity index (χ0) is 8.32. The molecule has 0 aromatic rings. The van der Waals surface area contributed by atoms with E-state index in [4.69, 9.17) is 9.47 Å². The Kier molecular flexibility index (Phi) is 2.42. The van der Waals surface area contributed by atoms with Crippen molar-refractivity contribution in [2.75, 3.05) is 13.2 Å². The lowest BCUT2D eigenvalue weighted by Crippen LogP contribution is -2.35. The lowest BCUT2D eigenvalue weighted by Gasteiger charge is -2.35. The average molecular weight is 156 g/mol. The lowest BCUT2D eigenvalue weighted by atomic mass is 9.84. The Morgan fingerprint density at radius 2 is 1.73 bits per heavy atom. The molecule has 0 spiro atoms. The van der Waals surface area contributed by atoms with Crippen molar-refractivity contribution in [1.82, 2.24) is 0 Å². The SMILES string of the molecule is C=C1OCC(CC)(CC)CO1. The van der Waals surface area contributed by atoms with Gasteiger partial charge in [-0.3, -0.25) is 0 Å². The van der Waals surface area contributed by atoms with Crippen molar-refractivity contribution in [3.63, 3.8) is 0 Å². The van der Waals surface area contributed by atoms with Gasteiger partial charge in [-0.2, -0.15) is 0 Å². The molecule has 64 valence electrons. The van der Waals surface area contributed by atoms with Gasteiger partial charge in [0.2, 0.25) is 0 Å². The van der Waals surface area contributed by atoms with Crippen LogP contribution in [0.5, 0.6) is 0 Å². The van der Waals surface area contributed by atoms with Crippen LogP contribution in [0.1, 0.15) is 26.7 Å². The van der Waals surface area contributed by atoms with Gasteiger partial charge in [-0.1, -0.05) is 13.8 Å². The van der Waals surface area contributed by atoms with Crippen LogP contribution in [0, 0.1) is 5.41 Å². The first kappa shape index (κ1) is 8.44. The summed E-state index contributed by atoms with van der Waals surface area (Å²) in [5.41, 5.74) is 0.237. The highest BCUT2D eigenvalue weighted by molar-refractivity contribution is 4.84. The molecule has 0 aliphatic carbocycles. The summed E-state index contributed by atoms with van der Waals surface area (Å²) in [6, 6.07) is 0. The van der Waals surface area contributed by atoms with E-state index in [9.17, 15) is 0 Å². The van der Waals surface area contributed by atoms with E-state index in [1.165, 1.54) is 0 Å². The maximum Gasteiger partial charge on any atom is 0.271 e. The molecule has 0 bridgehead atoms. The Labute approximate surface area is 68.2 Å². The number of hydrogen-bond acceptors (Lipinski definition) is 2. The molecule has 0 saturated carbocycles. The van der Waals surface area contributed by atoms with Crippen molar-refractivity contribution < 1.29 is 9.47 Å². The summed E-state index contributed by atoms with van der Waals surface area (Å²) in [6.45, 7) is 9.47. The summed E-state index contributed by atoms with van der Waals surface area (Å²) in [5, 5.41) is 0. The molecule has 0 aromatic carbocycles. The van der Waals surface area contributed by atoms with Crippen molar-refractivity contribution in [2.45, 2.75) is 26.7 Å². The molecule has 0 unspecified atom stereocenters. The molecule has 0 amide bonds. The first-order valence-electron chi connectivity index (χ1n) is 4.17. The van der Waals surface area contributed by atoms with Gasteiger partial charge in [0.25, 0.3) is 5.95 Å². The summed E-state index contributed by atoms with van der Waals surface area (Å²) < 4.78 is 10.5. The van der Waals surface area contributed by atoms with E-state index in [0.29, 0.717) is 5.95 Å². The van der Waals surface area contributed by atoms with Crippen molar-refractivity contribution in [3.8, 4) is 0 Å². The van der Waals surface area contributed by atoms with Crippen LogP contribution < -0.4 is 0 Å². The summed E-state index contributed by atoms with van der Waals surface area (Å²) in [6.07, 6.45) is 2.22. The molecule has 0 atom stereocenters. The monoisotopic (exact) mass is 156 g/mol. The minimum atomic E-state index is 0.237. The van der Waals surface area contributed by atoms with E-state index in [1.807, 2.05) is 0 Å². The molecule has 2 nitrogen and oxygen atoms in total. The van der Waals surface area contributed by atoms with Gasteiger partial charge in [0.1, 0.15) is 13.2 Å². The van der Waals surface area contributed by atoms with Crippen LogP contribution in [0.4, 0.5) is 0 Å². The highest BCUT2D eigenvalue weighted by Gasteiger charge is 2.32. The largest absolute Gasteiger partial charge is 0.465 e. The smallest absolute Gasteiger partial charge is 0.271 e. The van der Waals surface area contributed by atoms with E-state index in [1.54, 1.807) is 0 Å². The molecular formula is C9H16O2. The fourth-order valence-corrected chi connectivity index (χ4v) is 1.21. The van der Waals surface area contributed by atoms with E-state index in [2.05, 4.69) is 20.4 Å².